The molecule has 0 aromatic carbocycles. The van der Waals surface area contributed by atoms with Gasteiger partial charge in [0.25, 0.3) is 0 Å². The van der Waals surface area contributed by atoms with Gasteiger partial charge in [-0.15, -0.1) is 0 Å². The van der Waals surface area contributed by atoms with E-state index in [1.54, 1.807) is 34.6 Å². The van der Waals surface area contributed by atoms with E-state index in [1.165, 1.54) is 0 Å². The summed E-state index contributed by atoms with van der Waals surface area (Å²) in [5, 5.41) is 0. The third-order valence-electron chi connectivity index (χ3n) is 1.86. The second kappa shape index (κ2) is 6.48. The van der Waals surface area contributed by atoms with Crippen molar-refractivity contribution in [3.63, 3.8) is 0 Å². The molecular formula is C11H20O5. The van der Waals surface area contributed by atoms with Crippen LogP contribution in [-0.4, -0.2) is 36.9 Å². The zero-order valence-electron chi connectivity index (χ0n) is 10.5. The molecule has 0 saturated heterocycles. The lowest BCUT2D eigenvalue weighted by molar-refractivity contribution is -0.182. The Kier molecular flexibility index (Phi) is 6.03. The number of ether oxygens (including phenoxy) is 3. The topological polar surface area (TPSA) is 61.8 Å². The molecule has 0 aliphatic rings. The lowest BCUT2D eigenvalue weighted by Crippen LogP contribution is -2.42. The van der Waals surface area contributed by atoms with Crippen LogP contribution in [0.3, 0.4) is 0 Å². The van der Waals surface area contributed by atoms with Crippen molar-refractivity contribution >= 4 is 11.9 Å². The van der Waals surface area contributed by atoms with Crippen molar-refractivity contribution in [1.29, 1.82) is 0 Å². The van der Waals surface area contributed by atoms with Gasteiger partial charge in [0.15, 0.2) is 11.7 Å². The van der Waals surface area contributed by atoms with Gasteiger partial charge in [0.1, 0.15) is 0 Å². The van der Waals surface area contributed by atoms with Crippen LogP contribution >= 0.6 is 0 Å². The summed E-state index contributed by atoms with van der Waals surface area (Å²) in [5.41, 5.74) is -1.15. The first-order valence-corrected chi connectivity index (χ1v) is 5.36. The minimum Gasteiger partial charge on any atom is -0.464 e. The first-order chi connectivity index (χ1) is 7.35. The monoisotopic (exact) mass is 232 g/mol. The molecule has 5 heteroatoms. The van der Waals surface area contributed by atoms with Gasteiger partial charge < -0.3 is 14.2 Å². The first kappa shape index (κ1) is 14.9. The van der Waals surface area contributed by atoms with Crippen molar-refractivity contribution in [1.82, 2.24) is 0 Å². The van der Waals surface area contributed by atoms with Crippen LogP contribution in [-0.2, 0) is 23.8 Å². The van der Waals surface area contributed by atoms with E-state index in [2.05, 4.69) is 0 Å². The number of hydrogen-bond donors (Lipinski definition) is 0. The van der Waals surface area contributed by atoms with Crippen LogP contribution in [0.1, 0.15) is 34.6 Å². The third kappa shape index (κ3) is 4.61. The quantitative estimate of drug-likeness (QED) is 0.646. The molecule has 0 amide bonds. The summed E-state index contributed by atoms with van der Waals surface area (Å²) >= 11 is 0. The van der Waals surface area contributed by atoms with Crippen LogP contribution in [0, 0.1) is 0 Å². The highest BCUT2D eigenvalue weighted by Gasteiger charge is 2.34. The van der Waals surface area contributed by atoms with Crippen molar-refractivity contribution in [2.45, 2.75) is 46.3 Å². The molecule has 94 valence electrons. The second-order valence-electron chi connectivity index (χ2n) is 3.74. The zero-order chi connectivity index (χ0) is 12.8. The predicted molar refractivity (Wildman–Crippen MR) is 57.9 cm³/mol. The van der Waals surface area contributed by atoms with E-state index < -0.39 is 23.6 Å². The van der Waals surface area contributed by atoms with E-state index in [1.807, 2.05) is 0 Å². The highest BCUT2D eigenvalue weighted by atomic mass is 16.6. The van der Waals surface area contributed by atoms with Crippen LogP contribution in [0.2, 0.25) is 0 Å². The summed E-state index contributed by atoms with van der Waals surface area (Å²) < 4.78 is 14.9. The van der Waals surface area contributed by atoms with Crippen LogP contribution in [0.15, 0.2) is 0 Å². The molecule has 0 aromatic heterocycles. The summed E-state index contributed by atoms with van der Waals surface area (Å²) in [6.45, 7) is 8.63. The largest absolute Gasteiger partial charge is 0.464 e. The van der Waals surface area contributed by atoms with E-state index in [-0.39, 0.29) is 13.2 Å². The van der Waals surface area contributed by atoms with E-state index in [9.17, 15) is 9.59 Å². The van der Waals surface area contributed by atoms with Crippen molar-refractivity contribution < 1.29 is 23.8 Å². The number of carbonyl (C=O) groups is 2. The third-order valence-corrected chi connectivity index (χ3v) is 1.86. The lowest BCUT2D eigenvalue weighted by Gasteiger charge is -2.25. The fraction of sp³-hybridized carbons (Fsp3) is 0.818. The highest BCUT2D eigenvalue weighted by molar-refractivity contribution is 5.80. The van der Waals surface area contributed by atoms with Gasteiger partial charge in [-0.3, -0.25) is 0 Å². The fourth-order valence-electron chi connectivity index (χ4n) is 1.10. The molecule has 0 aliphatic carbocycles. The average Bonchev–Trinajstić information content (AvgIpc) is 2.17. The average molecular weight is 232 g/mol. The minimum atomic E-state index is -1.15. The summed E-state index contributed by atoms with van der Waals surface area (Å²) in [6, 6.07) is 0. The van der Waals surface area contributed by atoms with E-state index in [0.717, 1.165) is 0 Å². The molecule has 1 unspecified atom stereocenters. The van der Waals surface area contributed by atoms with Crippen LogP contribution in [0.4, 0.5) is 0 Å². The molecule has 0 saturated carbocycles. The maximum Gasteiger partial charge on any atom is 0.337 e. The van der Waals surface area contributed by atoms with Gasteiger partial charge >= 0.3 is 11.9 Å². The Morgan fingerprint density at radius 3 is 2.06 bits per heavy atom. The van der Waals surface area contributed by atoms with Gasteiger partial charge in [-0.1, -0.05) is 0 Å². The Morgan fingerprint density at radius 2 is 1.62 bits per heavy atom. The molecule has 0 aromatic rings. The number of hydrogen-bond acceptors (Lipinski definition) is 5. The van der Waals surface area contributed by atoms with Gasteiger partial charge in [-0.25, -0.2) is 9.59 Å². The van der Waals surface area contributed by atoms with Crippen molar-refractivity contribution in [3.8, 4) is 0 Å². The molecule has 0 radical (unpaired) electrons. The van der Waals surface area contributed by atoms with Crippen LogP contribution < -0.4 is 0 Å². The molecular weight excluding hydrogens is 212 g/mol. The smallest absolute Gasteiger partial charge is 0.337 e. The predicted octanol–water partition coefficient (Wildman–Crippen LogP) is 1.30. The molecule has 0 N–H and O–H groups in total. The second-order valence-corrected chi connectivity index (χ2v) is 3.74. The molecule has 0 rings (SSSR count). The molecule has 0 spiro atoms. The molecule has 0 bridgehead atoms. The summed E-state index contributed by atoms with van der Waals surface area (Å²) in [4.78, 5) is 22.8. The van der Waals surface area contributed by atoms with E-state index in [4.69, 9.17) is 14.2 Å². The summed E-state index contributed by atoms with van der Waals surface area (Å²) in [5.74, 6) is -0.981. The summed E-state index contributed by atoms with van der Waals surface area (Å²) in [6.07, 6.45) is -0.792. The van der Waals surface area contributed by atoms with Gasteiger partial charge in [0.2, 0.25) is 0 Å². The maximum absolute atomic E-state index is 11.5. The highest BCUT2D eigenvalue weighted by Crippen LogP contribution is 2.15. The maximum atomic E-state index is 11.5. The van der Waals surface area contributed by atoms with Gasteiger partial charge in [0.05, 0.1) is 13.2 Å². The van der Waals surface area contributed by atoms with Crippen LogP contribution in [0.25, 0.3) is 0 Å². The van der Waals surface area contributed by atoms with Gasteiger partial charge in [-0.2, -0.15) is 0 Å². The van der Waals surface area contributed by atoms with E-state index in [0.29, 0.717) is 0 Å². The van der Waals surface area contributed by atoms with Crippen molar-refractivity contribution in [2.24, 2.45) is 0 Å². The first-order valence-electron chi connectivity index (χ1n) is 5.36. The zero-order valence-corrected chi connectivity index (χ0v) is 10.5. The SMILES string of the molecule is CCOC(=O)C(C)OC(C)(C)C(=O)OCC. The van der Waals surface area contributed by atoms with E-state index >= 15 is 0 Å². The molecule has 0 aliphatic heterocycles. The lowest BCUT2D eigenvalue weighted by atomic mass is 10.1. The number of carbonyl (C=O) groups excluding carboxylic acids is 2. The Balaban J connectivity index is 4.34. The van der Waals surface area contributed by atoms with Crippen molar-refractivity contribution in [2.75, 3.05) is 13.2 Å². The van der Waals surface area contributed by atoms with Gasteiger partial charge in [-0.05, 0) is 34.6 Å². The molecule has 0 heterocycles. The minimum absolute atomic E-state index is 0.277. The Morgan fingerprint density at radius 1 is 1.12 bits per heavy atom. The molecule has 16 heavy (non-hydrogen) atoms. The summed E-state index contributed by atoms with van der Waals surface area (Å²) in [7, 11) is 0. The Labute approximate surface area is 96.1 Å². The number of esters is 2. The Bertz CT molecular complexity index is 247. The normalized spacial score (nSPS) is 13.1. The molecule has 5 nitrogen and oxygen atoms in total. The van der Waals surface area contributed by atoms with Crippen LogP contribution in [0.5, 0.6) is 0 Å². The number of rotatable bonds is 6. The fourth-order valence-corrected chi connectivity index (χ4v) is 1.10. The van der Waals surface area contributed by atoms with Gasteiger partial charge in [0, 0.05) is 0 Å². The molecule has 1 atom stereocenters. The Hall–Kier alpha value is -1.10. The van der Waals surface area contributed by atoms with Crippen molar-refractivity contribution in [3.05, 3.63) is 0 Å². The standard InChI is InChI=1S/C11H20O5/c1-6-14-9(12)8(3)16-11(4,5)10(13)15-7-2/h8H,6-7H2,1-5H3. The molecule has 0 fully saturated rings.